The van der Waals surface area contributed by atoms with Gasteiger partial charge in [-0.1, -0.05) is 54.2 Å². The van der Waals surface area contributed by atoms with Gasteiger partial charge in [-0.15, -0.1) is 0 Å². The van der Waals surface area contributed by atoms with E-state index >= 15 is 0 Å². The molecule has 1 aliphatic heterocycles. The van der Waals surface area contributed by atoms with Gasteiger partial charge in [-0.3, -0.25) is 9.69 Å². The minimum absolute atomic E-state index is 0.00205. The molecular formula is C25H28N4OS. The van der Waals surface area contributed by atoms with E-state index in [1.54, 1.807) is 11.8 Å². The number of amides is 1. The van der Waals surface area contributed by atoms with Crippen LogP contribution in [-0.2, 0) is 6.54 Å². The van der Waals surface area contributed by atoms with Gasteiger partial charge in [-0.25, -0.2) is 9.97 Å². The van der Waals surface area contributed by atoms with E-state index in [1.165, 1.54) is 0 Å². The third kappa shape index (κ3) is 5.93. The van der Waals surface area contributed by atoms with Gasteiger partial charge in [0.15, 0.2) is 5.16 Å². The van der Waals surface area contributed by atoms with E-state index in [0.717, 1.165) is 54.3 Å². The van der Waals surface area contributed by atoms with Crippen LogP contribution in [0.5, 0.6) is 0 Å². The third-order valence-electron chi connectivity index (χ3n) is 5.68. The number of nitrogens with zero attached hydrogens (tertiary/aromatic N) is 3. The number of likely N-dealkylation sites (tertiary alicyclic amines) is 1. The van der Waals surface area contributed by atoms with Crippen molar-refractivity contribution in [3.63, 3.8) is 0 Å². The monoisotopic (exact) mass is 432 g/mol. The summed E-state index contributed by atoms with van der Waals surface area (Å²) >= 11 is 1.55. The van der Waals surface area contributed by atoms with E-state index < -0.39 is 0 Å². The molecule has 1 amide bonds. The van der Waals surface area contributed by atoms with Gasteiger partial charge >= 0.3 is 0 Å². The van der Waals surface area contributed by atoms with Crippen molar-refractivity contribution >= 4 is 17.7 Å². The molecule has 4 rings (SSSR count). The van der Waals surface area contributed by atoms with Gasteiger partial charge in [0.05, 0.1) is 0 Å². The number of hydrogen-bond acceptors (Lipinski definition) is 5. The SMILES string of the molecule is CSc1ncc(CN2CCCC(CNC(=O)c3ccc(-c4ccccc4)cc3)C2)cn1. The van der Waals surface area contributed by atoms with Crippen LogP contribution in [0.2, 0.25) is 0 Å². The van der Waals surface area contributed by atoms with E-state index in [1.807, 2.05) is 61.1 Å². The summed E-state index contributed by atoms with van der Waals surface area (Å²) in [6.07, 6.45) is 8.12. The molecule has 0 bridgehead atoms. The molecule has 2 aromatic carbocycles. The van der Waals surface area contributed by atoms with E-state index in [2.05, 4.69) is 32.3 Å². The second-order valence-corrected chi connectivity index (χ2v) is 8.75. The van der Waals surface area contributed by atoms with Crippen LogP contribution in [-0.4, -0.2) is 46.7 Å². The first-order valence-electron chi connectivity index (χ1n) is 10.7. The van der Waals surface area contributed by atoms with Crippen LogP contribution in [0.3, 0.4) is 0 Å². The first-order chi connectivity index (χ1) is 15.2. The van der Waals surface area contributed by atoms with E-state index in [0.29, 0.717) is 18.0 Å². The Hall–Kier alpha value is -2.70. The molecule has 5 nitrogen and oxygen atoms in total. The zero-order valence-electron chi connectivity index (χ0n) is 17.8. The number of aromatic nitrogens is 2. The van der Waals surface area contributed by atoms with Crippen molar-refractivity contribution in [2.24, 2.45) is 5.92 Å². The third-order valence-corrected chi connectivity index (χ3v) is 6.25. The second kappa shape index (κ2) is 10.6. The molecular weight excluding hydrogens is 404 g/mol. The van der Waals surface area contributed by atoms with Gasteiger partial charge < -0.3 is 5.32 Å². The number of nitrogens with one attached hydrogen (secondary N) is 1. The predicted molar refractivity (Wildman–Crippen MR) is 126 cm³/mol. The van der Waals surface area contributed by atoms with Gasteiger partial charge in [0.2, 0.25) is 0 Å². The van der Waals surface area contributed by atoms with Gasteiger partial charge in [-0.2, -0.15) is 0 Å². The molecule has 0 saturated carbocycles. The summed E-state index contributed by atoms with van der Waals surface area (Å²) in [6.45, 7) is 3.63. The Labute approximate surface area is 188 Å². The first kappa shape index (κ1) is 21.5. The summed E-state index contributed by atoms with van der Waals surface area (Å²) < 4.78 is 0. The number of benzene rings is 2. The minimum atomic E-state index is -0.00205. The molecule has 31 heavy (non-hydrogen) atoms. The fraction of sp³-hybridized carbons (Fsp3) is 0.320. The first-order valence-corrected chi connectivity index (χ1v) is 11.9. The molecule has 1 aromatic heterocycles. The average Bonchev–Trinajstić information content (AvgIpc) is 2.84. The number of carbonyl (C=O) groups excluding carboxylic acids is 1. The van der Waals surface area contributed by atoms with Crippen LogP contribution in [0.15, 0.2) is 72.1 Å². The Morgan fingerprint density at radius 1 is 1.06 bits per heavy atom. The molecule has 3 aromatic rings. The lowest BCUT2D eigenvalue weighted by atomic mass is 9.97. The van der Waals surface area contributed by atoms with E-state index in [4.69, 9.17) is 0 Å². The second-order valence-electron chi connectivity index (χ2n) is 7.97. The highest BCUT2D eigenvalue weighted by molar-refractivity contribution is 7.98. The molecule has 2 heterocycles. The standard InChI is InChI=1S/C25H28N4OS/c1-31-25-27-15-20(16-28-25)18-29-13-5-6-19(17-29)14-26-24(30)23-11-9-22(10-12-23)21-7-3-2-4-8-21/h2-4,7-12,15-16,19H,5-6,13-14,17-18H2,1H3,(H,26,30). The highest BCUT2D eigenvalue weighted by Gasteiger charge is 2.21. The number of hydrogen-bond donors (Lipinski definition) is 1. The Bertz CT molecular complexity index is 977. The van der Waals surface area contributed by atoms with Crippen LogP contribution in [0.25, 0.3) is 11.1 Å². The molecule has 1 atom stereocenters. The summed E-state index contributed by atoms with van der Waals surface area (Å²) in [5.41, 5.74) is 4.12. The van der Waals surface area contributed by atoms with Gasteiger partial charge in [0.25, 0.3) is 5.91 Å². The number of rotatable bonds is 7. The summed E-state index contributed by atoms with van der Waals surface area (Å²) in [5.74, 6) is 0.463. The molecule has 0 spiro atoms. The lowest BCUT2D eigenvalue weighted by Gasteiger charge is -2.32. The fourth-order valence-electron chi connectivity index (χ4n) is 4.03. The Balaban J connectivity index is 1.27. The van der Waals surface area contributed by atoms with Crippen LogP contribution >= 0.6 is 11.8 Å². The van der Waals surface area contributed by atoms with Gasteiger partial charge in [-0.05, 0) is 54.8 Å². The fourth-order valence-corrected chi connectivity index (χ4v) is 4.35. The summed E-state index contributed by atoms with van der Waals surface area (Å²) in [4.78, 5) is 23.8. The summed E-state index contributed by atoms with van der Waals surface area (Å²) in [7, 11) is 0. The summed E-state index contributed by atoms with van der Waals surface area (Å²) in [5, 5.41) is 3.94. The molecule has 0 radical (unpaired) electrons. The van der Waals surface area contributed by atoms with Crippen molar-refractivity contribution in [2.75, 3.05) is 25.9 Å². The molecule has 160 valence electrons. The zero-order chi connectivity index (χ0) is 21.5. The molecule has 1 saturated heterocycles. The lowest BCUT2D eigenvalue weighted by molar-refractivity contribution is 0.0930. The van der Waals surface area contributed by atoms with Crippen molar-refractivity contribution in [3.05, 3.63) is 78.1 Å². The van der Waals surface area contributed by atoms with Crippen molar-refractivity contribution in [1.29, 1.82) is 0 Å². The predicted octanol–water partition coefficient (Wildman–Crippen LogP) is 4.51. The normalized spacial score (nSPS) is 16.7. The minimum Gasteiger partial charge on any atom is -0.352 e. The van der Waals surface area contributed by atoms with Crippen LogP contribution in [0, 0.1) is 5.92 Å². The van der Waals surface area contributed by atoms with Gasteiger partial charge in [0.1, 0.15) is 0 Å². The molecule has 0 aliphatic carbocycles. The van der Waals surface area contributed by atoms with Crippen molar-refractivity contribution in [2.45, 2.75) is 24.5 Å². The Morgan fingerprint density at radius 2 is 1.77 bits per heavy atom. The van der Waals surface area contributed by atoms with Crippen molar-refractivity contribution in [1.82, 2.24) is 20.2 Å². The van der Waals surface area contributed by atoms with E-state index in [9.17, 15) is 4.79 Å². The van der Waals surface area contributed by atoms with Gasteiger partial charge in [0, 0.05) is 43.2 Å². The van der Waals surface area contributed by atoms with Crippen molar-refractivity contribution in [3.8, 4) is 11.1 Å². The van der Waals surface area contributed by atoms with Crippen LogP contribution < -0.4 is 5.32 Å². The quantitative estimate of drug-likeness (QED) is 0.440. The molecule has 6 heteroatoms. The Kier molecular flexibility index (Phi) is 7.33. The molecule has 1 N–H and O–H groups in total. The maximum atomic E-state index is 12.6. The number of thioether (sulfide) groups is 1. The summed E-state index contributed by atoms with van der Waals surface area (Å²) in [6, 6.07) is 18.0. The molecule has 1 fully saturated rings. The highest BCUT2D eigenvalue weighted by Crippen LogP contribution is 2.20. The number of piperidine rings is 1. The maximum Gasteiger partial charge on any atom is 0.251 e. The maximum absolute atomic E-state index is 12.6. The van der Waals surface area contributed by atoms with Crippen LogP contribution in [0.1, 0.15) is 28.8 Å². The molecule has 1 unspecified atom stereocenters. The number of carbonyl (C=O) groups is 1. The van der Waals surface area contributed by atoms with Crippen molar-refractivity contribution < 1.29 is 4.79 Å². The molecule has 1 aliphatic rings. The lowest BCUT2D eigenvalue weighted by Crippen LogP contribution is -2.40. The Morgan fingerprint density at radius 3 is 2.48 bits per heavy atom. The largest absolute Gasteiger partial charge is 0.352 e. The zero-order valence-corrected chi connectivity index (χ0v) is 18.6. The topological polar surface area (TPSA) is 58.1 Å². The van der Waals surface area contributed by atoms with E-state index in [-0.39, 0.29) is 5.91 Å². The smallest absolute Gasteiger partial charge is 0.251 e. The highest BCUT2D eigenvalue weighted by atomic mass is 32.2. The van der Waals surface area contributed by atoms with Crippen LogP contribution in [0.4, 0.5) is 0 Å². The average molecular weight is 433 g/mol.